The van der Waals surface area contributed by atoms with E-state index in [0.29, 0.717) is 0 Å². The van der Waals surface area contributed by atoms with Crippen molar-refractivity contribution in [3.63, 3.8) is 0 Å². The Morgan fingerprint density at radius 1 is 1.25 bits per heavy atom. The number of nitrogens with one attached hydrogen (secondary N) is 1. The van der Waals surface area contributed by atoms with Crippen molar-refractivity contribution in [1.29, 1.82) is 0 Å². The first-order chi connectivity index (χ1) is 9.52. The molecule has 0 amide bonds. The van der Waals surface area contributed by atoms with Crippen LogP contribution in [0.2, 0.25) is 0 Å². The highest BCUT2D eigenvalue weighted by molar-refractivity contribution is 7.80. The van der Waals surface area contributed by atoms with Crippen LogP contribution < -0.4 is 15.0 Å². The van der Waals surface area contributed by atoms with Gasteiger partial charge in [-0.05, 0) is 62.8 Å². The van der Waals surface area contributed by atoms with Crippen molar-refractivity contribution < 1.29 is 4.74 Å². The number of rotatable bonds is 5. The molecule has 0 aromatic heterocycles. The maximum atomic E-state index is 5.66. The molecule has 1 aliphatic heterocycles. The monoisotopic (exact) mass is 290 g/mol. The average Bonchev–Trinajstić information content (AvgIpc) is 2.39. The van der Waals surface area contributed by atoms with E-state index in [4.69, 9.17) is 17.0 Å². The summed E-state index contributed by atoms with van der Waals surface area (Å²) in [5.41, 5.74) is 0.952. The summed E-state index contributed by atoms with van der Waals surface area (Å²) in [5.74, 6) is 0.905. The van der Waals surface area contributed by atoms with Gasteiger partial charge in [0.25, 0.3) is 0 Å². The fourth-order valence-corrected chi connectivity index (χ4v) is 2.38. The zero-order chi connectivity index (χ0) is 14.6. The zero-order valence-corrected chi connectivity index (χ0v) is 13.2. The lowest BCUT2D eigenvalue weighted by atomic mass is 10.0. The predicted octanol–water partition coefficient (Wildman–Crippen LogP) is 3.85. The summed E-state index contributed by atoms with van der Waals surface area (Å²) in [6, 6.07) is 8.03. The van der Waals surface area contributed by atoms with Crippen molar-refractivity contribution in [2.24, 2.45) is 0 Å². The van der Waals surface area contributed by atoms with Crippen LogP contribution in [0.15, 0.2) is 36.5 Å². The van der Waals surface area contributed by atoms with Gasteiger partial charge >= 0.3 is 0 Å². The molecule has 0 spiro atoms. The van der Waals surface area contributed by atoms with Gasteiger partial charge in [0, 0.05) is 11.9 Å². The van der Waals surface area contributed by atoms with Crippen molar-refractivity contribution in [2.75, 3.05) is 11.5 Å². The third kappa shape index (κ3) is 3.73. The SMILES string of the molecule is CCCCOc1ccc(N2C=CC(C)(C)NC2=S)cc1. The number of benzene rings is 1. The van der Waals surface area contributed by atoms with Crippen LogP contribution >= 0.6 is 12.2 Å². The lowest BCUT2D eigenvalue weighted by molar-refractivity contribution is 0.309. The van der Waals surface area contributed by atoms with Crippen LogP contribution in [-0.4, -0.2) is 17.3 Å². The second kappa shape index (κ2) is 6.27. The highest BCUT2D eigenvalue weighted by atomic mass is 32.1. The number of hydrogen-bond donors (Lipinski definition) is 1. The molecule has 0 fully saturated rings. The van der Waals surface area contributed by atoms with Gasteiger partial charge in [0.05, 0.1) is 12.1 Å². The minimum Gasteiger partial charge on any atom is -0.494 e. The van der Waals surface area contributed by atoms with Crippen LogP contribution in [0.5, 0.6) is 5.75 Å². The molecule has 2 rings (SSSR count). The summed E-state index contributed by atoms with van der Waals surface area (Å²) in [5, 5.41) is 4.02. The second-order valence-electron chi connectivity index (χ2n) is 5.53. The Morgan fingerprint density at radius 2 is 1.95 bits per heavy atom. The molecule has 1 heterocycles. The van der Waals surface area contributed by atoms with E-state index in [1.807, 2.05) is 35.4 Å². The summed E-state index contributed by atoms with van der Waals surface area (Å²) in [6.45, 7) is 7.12. The molecule has 3 nitrogen and oxygen atoms in total. The Balaban J connectivity index is 2.05. The molecule has 0 radical (unpaired) electrons. The number of thiocarbonyl (C=S) groups is 1. The Hall–Kier alpha value is -1.55. The molecular weight excluding hydrogens is 268 g/mol. The lowest BCUT2D eigenvalue weighted by Gasteiger charge is -2.34. The number of unbranched alkanes of at least 4 members (excludes halogenated alkanes) is 1. The lowest BCUT2D eigenvalue weighted by Crippen LogP contribution is -2.51. The topological polar surface area (TPSA) is 24.5 Å². The van der Waals surface area contributed by atoms with Crippen LogP contribution in [0.4, 0.5) is 5.69 Å². The Bertz CT molecular complexity index is 494. The van der Waals surface area contributed by atoms with E-state index in [9.17, 15) is 0 Å². The third-order valence-electron chi connectivity index (χ3n) is 3.17. The van der Waals surface area contributed by atoms with Crippen molar-refractivity contribution >= 4 is 23.0 Å². The predicted molar refractivity (Wildman–Crippen MR) is 88.3 cm³/mol. The molecule has 0 saturated carbocycles. The van der Waals surface area contributed by atoms with E-state index in [1.165, 1.54) is 0 Å². The van der Waals surface area contributed by atoms with Crippen molar-refractivity contribution in [2.45, 2.75) is 39.2 Å². The maximum absolute atomic E-state index is 5.66. The molecular formula is C16H22N2OS. The van der Waals surface area contributed by atoms with Crippen LogP contribution in [0.1, 0.15) is 33.6 Å². The molecule has 1 aromatic rings. The minimum absolute atomic E-state index is 0.0865. The molecule has 1 aliphatic rings. The smallest absolute Gasteiger partial charge is 0.178 e. The second-order valence-corrected chi connectivity index (χ2v) is 5.92. The van der Waals surface area contributed by atoms with Gasteiger partial charge in [-0.25, -0.2) is 0 Å². The van der Waals surface area contributed by atoms with Gasteiger partial charge in [0.15, 0.2) is 5.11 Å². The molecule has 0 bridgehead atoms. The number of nitrogens with zero attached hydrogens (tertiary/aromatic N) is 1. The standard InChI is InChI=1S/C16H22N2OS/c1-4-5-12-19-14-8-6-13(7-9-14)18-11-10-16(2,3)17-15(18)20/h6-11H,4-5,12H2,1-3H3,(H,17,20). The quantitative estimate of drug-likeness (QED) is 0.657. The molecule has 0 saturated heterocycles. The van der Waals surface area contributed by atoms with Crippen molar-refractivity contribution in [1.82, 2.24) is 5.32 Å². The molecule has 1 N–H and O–H groups in total. The van der Waals surface area contributed by atoms with E-state index in [1.54, 1.807) is 0 Å². The molecule has 1 aromatic carbocycles. The van der Waals surface area contributed by atoms with Gasteiger partial charge in [-0.1, -0.05) is 13.3 Å². The van der Waals surface area contributed by atoms with Crippen molar-refractivity contribution in [3.8, 4) is 5.75 Å². The first-order valence-electron chi connectivity index (χ1n) is 7.05. The summed E-state index contributed by atoms with van der Waals surface area (Å²) in [4.78, 5) is 1.97. The minimum atomic E-state index is -0.0865. The fraction of sp³-hybridized carbons (Fsp3) is 0.438. The Labute approximate surface area is 126 Å². The first-order valence-corrected chi connectivity index (χ1v) is 7.46. The van der Waals surface area contributed by atoms with E-state index >= 15 is 0 Å². The van der Waals surface area contributed by atoms with Gasteiger partial charge in [0.1, 0.15) is 5.75 Å². The van der Waals surface area contributed by atoms with Gasteiger partial charge in [-0.3, -0.25) is 4.90 Å². The number of ether oxygens (including phenoxy) is 1. The number of hydrogen-bond acceptors (Lipinski definition) is 2. The van der Waals surface area contributed by atoms with Gasteiger partial charge in [-0.2, -0.15) is 0 Å². The zero-order valence-electron chi connectivity index (χ0n) is 12.3. The summed E-state index contributed by atoms with van der Waals surface area (Å²) < 4.78 is 5.66. The third-order valence-corrected chi connectivity index (χ3v) is 3.47. The van der Waals surface area contributed by atoms with Gasteiger partial charge in [-0.15, -0.1) is 0 Å². The molecule has 0 aliphatic carbocycles. The van der Waals surface area contributed by atoms with Gasteiger partial charge in [0.2, 0.25) is 0 Å². The average molecular weight is 290 g/mol. The molecule has 0 atom stereocenters. The number of anilines is 1. The van der Waals surface area contributed by atoms with Crippen LogP contribution in [0.25, 0.3) is 0 Å². The Kier molecular flexibility index (Phi) is 4.65. The normalized spacial score (nSPS) is 16.9. The summed E-state index contributed by atoms with van der Waals surface area (Å²) in [6.07, 6.45) is 6.35. The van der Waals surface area contributed by atoms with Crippen LogP contribution in [-0.2, 0) is 0 Å². The van der Waals surface area contributed by atoms with E-state index in [0.717, 1.165) is 36.0 Å². The van der Waals surface area contributed by atoms with E-state index < -0.39 is 0 Å². The maximum Gasteiger partial charge on any atom is 0.178 e. The van der Waals surface area contributed by atoms with Crippen molar-refractivity contribution in [3.05, 3.63) is 36.5 Å². The molecule has 108 valence electrons. The van der Waals surface area contributed by atoms with Gasteiger partial charge < -0.3 is 10.1 Å². The molecule has 20 heavy (non-hydrogen) atoms. The summed E-state index contributed by atoms with van der Waals surface area (Å²) >= 11 is 5.41. The largest absolute Gasteiger partial charge is 0.494 e. The fourth-order valence-electron chi connectivity index (χ4n) is 1.95. The highest BCUT2D eigenvalue weighted by Crippen LogP contribution is 2.23. The van der Waals surface area contributed by atoms with Crippen LogP contribution in [0.3, 0.4) is 0 Å². The first kappa shape index (κ1) is 14.9. The van der Waals surface area contributed by atoms with Crippen LogP contribution in [0, 0.1) is 0 Å². The molecule has 0 unspecified atom stereocenters. The Morgan fingerprint density at radius 3 is 2.55 bits per heavy atom. The summed E-state index contributed by atoms with van der Waals surface area (Å²) in [7, 11) is 0. The molecule has 4 heteroatoms. The van der Waals surface area contributed by atoms with E-state index in [2.05, 4.69) is 32.2 Å². The van der Waals surface area contributed by atoms with E-state index in [-0.39, 0.29) is 5.54 Å². The highest BCUT2D eigenvalue weighted by Gasteiger charge is 2.23.